The van der Waals surface area contributed by atoms with Crippen LogP contribution in [0.25, 0.3) is 0 Å². The highest BCUT2D eigenvalue weighted by Gasteiger charge is 2.23. The molecule has 0 radical (unpaired) electrons. The second-order valence-corrected chi connectivity index (χ2v) is 3.94. The van der Waals surface area contributed by atoms with Gasteiger partial charge in [0.25, 0.3) is 0 Å². The van der Waals surface area contributed by atoms with E-state index in [1.807, 2.05) is 12.5 Å². The Morgan fingerprint density at radius 1 is 1.80 bits per heavy atom. The van der Waals surface area contributed by atoms with Gasteiger partial charge in [0.15, 0.2) is 0 Å². The number of hydrogen-bond donors (Lipinski definition) is 0. The van der Waals surface area contributed by atoms with E-state index in [4.69, 9.17) is 0 Å². The van der Waals surface area contributed by atoms with E-state index in [-0.39, 0.29) is 5.91 Å². The molecule has 15 heavy (non-hydrogen) atoms. The Balaban J connectivity index is 1.97. The van der Waals surface area contributed by atoms with Crippen molar-refractivity contribution in [1.29, 1.82) is 0 Å². The smallest absolute Gasteiger partial charge is 0.246 e. The molecule has 1 heterocycles. The predicted octanol–water partition coefficient (Wildman–Crippen LogP) is 1.36. The van der Waals surface area contributed by atoms with Gasteiger partial charge in [0.05, 0.1) is 18.6 Å². The topological polar surface area (TPSA) is 38.1 Å². The zero-order chi connectivity index (χ0) is 10.8. The van der Waals surface area contributed by atoms with Gasteiger partial charge in [-0.3, -0.25) is 4.79 Å². The molecule has 0 aromatic carbocycles. The lowest BCUT2D eigenvalue weighted by Gasteiger charge is -2.12. The average Bonchev–Trinajstić information content (AvgIpc) is 2.99. The minimum absolute atomic E-state index is 0.0732. The van der Waals surface area contributed by atoms with Crippen molar-refractivity contribution >= 4 is 5.91 Å². The molecular formula is C11H15N3O. The molecule has 1 amide bonds. The van der Waals surface area contributed by atoms with Gasteiger partial charge < -0.3 is 9.47 Å². The van der Waals surface area contributed by atoms with E-state index in [1.165, 1.54) is 18.9 Å². The van der Waals surface area contributed by atoms with Gasteiger partial charge in [-0.1, -0.05) is 6.58 Å². The molecule has 4 heteroatoms. The summed E-state index contributed by atoms with van der Waals surface area (Å²) in [7, 11) is 1.75. The molecule has 0 saturated heterocycles. The summed E-state index contributed by atoms with van der Waals surface area (Å²) in [6, 6.07) is 0.645. The minimum atomic E-state index is -0.0732. The molecular weight excluding hydrogens is 190 g/mol. The van der Waals surface area contributed by atoms with Crippen molar-refractivity contribution in [2.45, 2.75) is 25.4 Å². The van der Waals surface area contributed by atoms with Crippen molar-refractivity contribution in [2.75, 3.05) is 7.05 Å². The van der Waals surface area contributed by atoms with E-state index in [9.17, 15) is 4.79 Å². The van der Waals surface area contributed by atoms with E-state index in [0.717, 1.165) is 5.69 Å². The maximum absolute atomic E-state index is 11.2. The molecule has 0 atom stereocenters. The minimum Gasteiger partial charge on any atom is -0.336 e. The summed E-state index contributed by atoms with van der Waals surface area (Å²) in [6.45, 7) is 4.00. The van der Waals surface area contributed by atoms with E-state index < -0.39 is 0 Å². The van der Waals surface area contributed by atoms with Gasteiger partial charge in [-0.05, 0) is 18.9 Å². The molecule has 2 rings (SSSR count). The fraction of sp³-hybridized carbons (Fsp3) is 0.455. The molecule has 1 aliphatic carbocycles. The first-order chi connectivity index (χ1) is 7.20. The van der Waals surface area contributed by atoms with E-state index in [0.29, 0.717) is 12.6 Å². The van der Waals surface area contributed by atoms with Crippen LogP contribution in [0, 0.1) is 0 Å². The van der Waals surface area contributed by atoms with Crippen LogP contribution in [0.3, 0.4) is 0 Å². The molecule has 1 aromatic heterocycles. The summed E-state index contributed by atoms with van der Waals surface area (Å²) in [6.07, 6.45) is 7.68. The molecule has 4 nitrogen and oxygen atoms in total. The maximum Gasteiger partial charge on any atom is 0.246 e. The summed E-state index contributed by atoms with van der Waals surface area (Å²) in [5.41, 5.74) is 0.930. The third-order valence-electron chi connectivity index (χ3n) is 2.57. The number of rotatable bonds is 4. The number of nitrogens with zero attached hydrogens (tertiary/aromatic N) is 3. The van der Waals surface area contributed by atoms with Crippen LogP contribution in [-0.2, 0) is 11.3 Å². The molecule has 1 aromatic rings. The number of carbonyl (C=O) groups excluding carboxylic acids is 1. The molecule has 0 spiro atoms. The molecule has 0 bridgehead atoms. The van der Waals surface area contributed by atoms with E-state index >= 15 is 0 Å². The largest absolute Gasteiger partial charge is 0.336 e. The fourth-order valence-electron chi connectivity index (χ4n) is 1.51. The van der Waals surface area contributed by atoms with Crippen molar-refractivity contribution in [3.05, 3.63) is 30.9 Å². The van der Waals surface area contributed by atoms with Gasteiger partial charge in [-0.15, -0.1) is 0 Å². The highest BCUT2D eigenvalue weighted by atomic mass is 16.2. The van der Waals surface area contributed by atoms with Crippen LogP contribution in [0.15, 0.2) is 25.2 Å². The maximum atomic E-state index is 11.2. The molecule has 80 valence electrons. The van der Waals surface area contributed by atoms with Gasteiger partial charge >= 0.3 is 0 Å². The quantitative estimate of drug-likeness (QED) is 0.696. The van der Waals surface area contributed by atoms with Crippen LogP contribution in [0.5, 0.6) is 0 Å². The lowest BCUT2D eigenvalue weighted by molar-refractivity contribution is -0.125. The summed E-state index contributed by atoms with van der Waals surface area (Å²) in [5.74, 6) is -0.0732. The van der Waals surface area contributed by atoms with Crippen molar-refractivity contribution in [3.8, 4) is 0 Å². The second kappa shape index (κ2) is 3.88. The predicted molar refractivity (Wildman–Crippen MR) is 57.2 cm³/mol. The first-order valence-electron chi connectivity index (χ1n) is 5.10. The summed E-state index contributed by atoms with van der Waals surface area (Å²) in [5, 5.41) is 0. The fourth-order valence-corrected chi connectivity index (χ4v) is 1.51. The summed E-state index contributed by atoms with van der Waals surface area (Å²) in [4.78, 5) is 17.1. The Hall–Kier alpha value is -1.58. The lowest BCUT2D eigenvalue weighted by Crippen LogP contribution is -2.24. The molecule has 1 aliphatic rings. The highest BCUT2D eigenvalue weighted by Crippen LogP contribution is 2.34. The van der Waals surface area contributed by atoms with Crippen LogP contribution in [-0.4, -0.2) is 27.4 Å². The number of aromatic nitrogens is 2. The zero-order valence-corrected chi connectivity index (χ0v) is 8.89. The summed E-state index contributed by atoms with van der Waals surface area (Å²) >= 11 is 0. The van der Waals surface area contributed by atoms with E-state index in [1.54, 1.807) is 11.9 Å². The van der Waals surface area contributed by atoms with Crippen molar-refractivity contribution in [3.63, 3.8) is 0 Å². The Labute approximate surface area is 89.2 Å². The molecule has 1 saturated carbocycles. The van der Waals surface area contributed by atoms with Crippen LogP contribution < -0.4 is 0 Å². The Bertz CT molecular complexity index is 379. The van der Waals surface area contributed by atoms with Crippen LogP contribution in [0.1, 0.15) is 24.6 Å². The van der Waals surface area contributed by atoms with Gasteiger partial charge in [0, 0.05) is 19.3 Å². The van der Waals surface area contributed by atoms with Gasteiger partial charge in [0.2, 0.25) is 5.91 Å². The number of hydrogen-bond acceptors (Lipinski definition) is 2. The average molecular weight is 205 g/mol. The zero-order valence-electron chi connectivity index (χ0n) is 8.89. The third kappa shape index (κ3) is 2.26. The van der Waals surface area contributed by atoms with E-state index in [2.05, 4.69) is 16.1 Å². The van der Waals surface area contributed by atoms with Crippen molar-refractivity contribution < 1.29 is 4.79 Å². The van der Waals surface area contributed by atoms with Gasteiger partial charge in [-0.2, -0.15) is 0 Å². The number of imidazole rings is 1. The van der Waals surface area contributed by atoms with Gasteiger partial charge in [0.1, 0.15) is 0 Å². The number of likely N-dealkylation sites (N-methyl/N-ethyl adjacent to an activating group) is 1. The third-order valence-corrected chi connectivity index (χ3v) is 2.57. The normalized spacial score (nSPS) is 15.0. The molecule has 0 unspecified atom stereocenters. The SMILES string of the molecule is C=CC(=O)N(C)Cc1cn(C2CC2)cn1. The first-order valence-corrected chi connectivity index (χ1v) is 5.10. The van der Waals surface area contributed by atoms with Crippen molar-refractivity contribution in [1.82, 2.24) is 14.5 Å². The van der Waals surface area contributed by atoms with Crippen molar-refractivity contribution in [2.24, 2.45) is 0 Å². The highest BCUT2D eigenvalue weighted by molar-refractivity contribution is 5.86. The molecule has 1 fully saturated rings. The Morgan fingerprint density at radius 2 is 2.53 bits per heavy atom. The first kappa shape index (κ1) is 9.96. The standard InChI is InChI=1S/C11H15N3O/c1-3-11(15)13(2)6-9-7-14(8-12-9)10-4-5-10/h3,7-8,10H,1,4-6H2,2H3. The molecule has 0 N–H and O–H groups in total. The Kier molecular flexibility index (Phi) is 2.58. The second-order valence-electron chi connectivity index (χ2n) is 3.94. The summed E-state index contributed by atoms with van der Waals surface area (Å²) < 4.78 is 2.13. The van der Waals surface area contributed by atoms with Crippen LogP contribution in [0.2, 0.25) is 0 Å². The van der Waals surface area contributed by atoms with Crippen LogP contribution >= 0.6 is 0 Å². The monoisotopic (exact) mass is 205 g/mol. The number of carbonyl (C=O) groups is 1. The Morgan fingerprint density at radius 3 is 3.13 bits per heavy atom. The van der Waals surface area contributed by atoms with Gasteiger partial charge in [-0.25, -0.2) is 4.98 Å². The lowest BCUT2D eigenvalue weighted by atomic mass is 10.4. The molecule has 0 aliphatic heterocycles. The number of amides is 1. The van der Waals surface area contributed by atoms with Crippen LogP contribution in [0.4, 0.5) is 0 Å².